The molecule has 0 amide bonds. The third-order valence-corrected chi connectivity index (χ3v) is 5.06. The molecule has 26 heavy (non-hydrogen) atoms. The number of nitrogen functional groups attached to an aromatic ring is 1. The number of benzene rings is 2. The van der Waals surface area contributed by atoms with Gasteiger partial charge in [0.1, 0.15) is 0 Å². The summed E-state index contributed by atoms with van der Waals surface area (Å²) in [6.45, 7) is 8.16. The van der Waals surface area contributed by atoms with Crippen LogP contribution in [0.1, 0.15) is 22.4 Å². The monoisotopic (exact) mass is 365 g/mol. The zero-order valence-corrected chi connectivity index (χ0v) is 16.2. The van der Waals surface area contributed by atoms with E-state index in [-0.39, 0.29) is 5.96 Å². The van der Waals surface area contributed by atoms with Gasteiger partial charge < -0.3 is 16.8 Å². The molecule has 5 N–H and O–H groups in total. The van der Waals surface area contributed by atoms with Crippen molar-refractivity contribution >= 4 is 33.8 Å². The number of rotatable bonds is 3. The molecule has 3 rings (SSSR count). The zero-order valence-electron chi connectivity index (χ0n) is 15.4. The molecule has 0 radical (unpaired) electrons. The maximum Gasteiger partial charge on any atom is 0.212 e. The van der Waals surface area contributed by atoms with Crippen LogP contribution in [0.3, 0.4) is 0 Å². The highest BCUT2D eigenvalue weighted by molar-refractivity contribution is 7.13. The molecule has 0 aliphatic rings. The van der Waals surface area contributed by atoms with Crippen LogP contribution < -0.4 is 16.8 Å². The average molecular weight is 366 g/mol. The van der Waals surface area contributed by atoms with Gasteiger partial charge in [0.15, 0.2) is 0 Å². The summed E-state index contributed by atoms with van der Waals surface area (Å²) in [5.41, 5.74) is 20.5. The summed E-state index contributed by atoms with van der Waals surface area (Å²) < 4.78 is 0. The third-order valence-electron chi connectivity index (χ3n) is 4.21. The van der Waals surface area contributed by atoms with Crippen LogP contribution in [0.2, 0.25) is 0 Å². The molecule has 0 fully saturated rings. The van der Waals surface area contributed by atoms with E-state index in [2.05, 4.69) is 53.4 Å². The number of hydrogen-bond donors (Lipinski definition) is 3. The third kappa shape index (κ3) is 3.70. The number of nitrogens with zero attached hydrogens (tertiary/aromatic N) is 2. The van der Waals surface area contributed by atoms with E-state index in [0.717, 1.165) is 22.5 Å². The lowest BCUT2D eigenvalue weighted by Crippen LogP contribution is -2.23. The van der Waals surface area contributed by atoms with Crippen molar-refractivity contribution in [1.82, 2.24) is 4.98 Å². The lowest BCUT2D eigenvalue weighted by molar-refractivity contribution is 1.24. The van der Waals surface area contributed by atoms with Crippen molar-refractivity contribution in [2.75, 3.05) is 11.1 Å². The van der Waals surface area contributed by atoms with Gasteiger partial charge in [0.2, 0.25) is 11.1 Å². The summed E-state index contributed by atoms with van der Waals surface area (Å²) >= 11 is 1.45. The fourth-order valence-corrected chi connectivity index (χ4v) is 3.73. The van der Waals surface area contributed by atoms with Gasteiger partial charge in [-0.2, -0.15) is 4.99 Å². The summed E-state index contributed by atoms with van der Waals surface area (Å²) in [6.07, 6.45) is 0. The zero-order chi connectivity index (χ0) is 18.8. The van der Waals surface area contributed by atoms with Gasteiger partial charge in [-0.3, -0.25) is 0 Å². The first-order valence-electron chi connectivity index (χ1n) is 8.35. The number of aromatic nitrogens is 1. The maximum absolute atomic E-state index is 6.32. The van der Waals surface area contributed by atoms with Gasteiger partial charge in [-0.05, 0) is 67.6 Å². The van der Waals surface area contributed by atoms with Crippen LogP contribution in [0.5, 0.6) is 0 Å². The number of hydrogen-bond acceptors (Lipinski definition) is 4. The van der Waals surface area contributed by atoms with Gasteiger partial charge in [-0.25, -0.2) is 4.98 Å². The number of nitrogens with two attached hydrogens (primary N) is 2. The van der Waals surface area contributed by atoms with Crippen LogP contribution in [0.25, 0.3) is 11.1 Å². The quantitative estimate of drug-likeness (QED) is 0.357. The molecule has 0 saturated heterocycles. The molecular weight excluding hydrogens is 342 g/mol. The van der Waals surface area contributed by atoms with Crippen LogP contribution >= 0.6 is 11.3 Å². The standard InChI is InChI=1S/C20H23N5S/c1-11-6-5-7-12(2)17(11)15-8-13(3)18(16(21)9-15)24-19(22)25-20-23-14(4)10-26-20/h5-10H,21H2,1-4H3,(H3,22,23,24,25). The first-order chi connectivity index (χ1) is 12.3. The molecule has 0 saturated carbocycles. The minimum atomic E-state index is 0.272. The topological polar surface area (TPSA) is 89.3 Å². The van der Waals surface area contributed by atoms with E-state index in [1.54, 1.807) is 0 Å². The Labute approximate surface area is 157 Å². The lowest BCUT2D eigenvalue weighted by atomic mass is 9.94. The van der Waals surface area contributed by atoms with Gasteiger partial charge in [0.25, 0.3) is 0 Å². The predicted molar refractivity (Wildman–Crippen MR) is 112 cm³/mol. The highest BCUT2D eigenvalue weighted by atomic mass is 32.1. The minimum Gasteiger partial charge on any atom is -0.397 e. The average Bonchev–Trinajstić information content (AvgIpc) is 2.95. The molecule has 0 aliphatic carbocycles. The molecule has 2 aromatic carbocycles. The Kier molecular flexibility index (Phi) is 4.95. The first kappa shape index (κ1) is 17.9. The van der Waals surface area contributed by atoms with Crippen LogP contribution in [-0.2, 0) is 0 Å². The van der Waals surface area contributed by atoms with E-state index in [0.29, 0.717) is 10.8 Å². The smallest absolute Gasteiger partial charge is 0.212 e. The second-order valence-electron chi connectivity index (χ2n) is 6.42. The first-order valence-corrected chi connectivity index (χ1v) is 9.23. The van der Waals surface area contributed by atoms with Crippen molar-refractivity contribution in [2.24, 2.45) is 10.7 Å². The molecule has 0 atom stereocenters. The number of nitrogens with one attached hydrogen (secondary N) is 1. The van der Waals surface area contributed by atoms with Gasteiger partial charge in [-0.15, -0.1) is 11.3 Å². The Bertz CT molecular complexity index is 944. The highest BCUT2D eigenvalue weighted by Crippen LogP contribution is 2.34. The SMILES string of the molecule is Cc1csc(/N=C(\N)Nc2c(C)cc(-c3c(C)cccc3C)cc2N)n1. The van der Waals surface area contributed by atoms with Crippen molar-refractivity contribution in [3.8, 4) is 11.1 Å². The molecule has 6 heteroatoms. The second kappa shape index (κ2) is 7.17. The number of aliphatic imine (C=N–C) groups is 1. The van der Waals surface area contributed by atoms with Crippen LogP contribution in [0.4, 0.5) is 16.5 Å². The van der Waals surface area contributed by atoms with Gasteiger partial charge in [0, 0.05) is 5.38 Å². The van der Waals surface area contributed by atoms with Crippen LogP contribution in [0.15, 0.2) is 40.7 Å². The molecule has 1 heterocycles. The molecule has 0 unspecified atom stereocenters. The molecule has 0 aliphatic heterocycles. The van der Waals surface area contributed by atoms with E-state index >= 15 is 0 Å². The van der Waals surface area contributed by atoms with E-state index in [1.807, 2.05) is 25.3 Å². The summed E-state index contributed by atoms with van der Waals surface area (Å²) in [6, 6.07) is 10.4. The van der Waals surface area contributed by atoms with Gasteiger partial charge in [0.05, 0.1) is 17.1 Å². The van der Waals surface area contributed by atoms with Crippen molar-refractivity contribution < 1.29 is 0 Å². The largest absolute Gasteiger partial charge is 0.397 e. The Hall–Kier alpha value is -2.86. The second-order valence-corrected chi connectivity index (χ2v) is 7.25. The van der Waals surface area contributed by atoms with Crippen molar-refractivity contribution in [3.05, 3.63) is 58.1 Å². The van der Waals surface area contributed by atoms with Crippen LogP contribution in [-0.4, -0.2) is 10.9 Å². The van der Waals surface area contributed by atoms with Crippen molar-refractivity contribution in [2.45, 2.75) is 27.7 Å². The Balaban J connectivity index is 1.94. The fraction of sp³-hybridized carbons (Fsp3) is 0.200. The number of thiazole rings is 1. The van der Waals surface area contributed by atoms with Crippen LogP contribution in [0, 0.1) is 27.7 Å². The lowest BCUT2D eigenvalue weighted by Gasteiger charge is -2.16. The predicted octanol–water partition coefficient (Wildman–Crippen LogP) is 4.68. The fourth-order valence-electron chi connectivity index (χ4n) is 3.05. The number of anilines is 2. The van der Waals surface area contributed by atoms with Crippen molar-refractivity contribution in [3.63, 3.8) is 0 Å². The Morgan fingerprint density at radius 2 is 1.77 bits per heavy atom. The summed E-state index contributed by atoms with van der Waals surface area (Å²) in [5, 5.41) is 5.67. The molecule has 5 nitrogen and oxygen atoms in total. The normalized spacial score (nSPS) is 11.6. The van der Waals surface area contributed by atoms with E-state index in [4.69, 9.17) is 11.5 Å². The molecule has 1 aromatic heterocycles. The summed E-state index contributed by atoms with van der Waals surface area (Å²) in [5.74, 6) is 0.272. The van der Waals surface area contributed by atoms with Gasteiger partial charge >= 0.3 is 0 Å². The number of aryl methyl sites for hydroxylation is 4. The molecule has 134 valence electrons. The van der Waals surface area contributed by atoms with E-state index in [1.165, 1.54) is 28.0 Å². The molecule has 0 bridgehead atoms. The minimum absolute atomic E-state index is 0.272. The summed E-state index contributed by atoms with van der Waals surface area (Å²) in [4.78, 5) is 8.59. The maximum atomic E-state index is 6.32. The Morgan fingerprint density at radius 3 is 2.35 bits per heavy atom. The summed E-state index contributed by atoms with van der Waals surface area (Å²) in [7, 11) is 0. The molecule has 3 aromatic rings. The van der Waals surface area contributed by atoms with E-state index in [9.17, 15) is 0 Å². The highest BCUT2D eigenvalue weighted by Gasteiger charge is 2.11. The Morgan fingerprint density at radius 1 is 1.08 bits per heavy atom. The number of guanidine groups is 1. The molecular formula is C20H23N5S. The van der Waals surface area contributed by atoms with Gasteiger partial charge in [-0.1, -0.05) is 18.2 Å². The van der Waals surface area contributed by atoms with E-state index < -0.39 is 0 Å². The molecule has 0 spiro atoms. The van der Waals surface area contributed by atoms with Crippen molar-refractivity contribution in [1.29, 1.82) is 0 Å².